The number of aromatic nitrogens is 1. The maximum atomic E-state index is 12.8. The van der Waals surface area contributed by atoms with Crippen LogP contribution in [0.3, 0.4) is 0 Å². The SMILES string of the molecule is O=Cc1ncc(CN2CCCS2(=O)=O)cc1C(F)(F)F. The van der Waals surface area contributed by atoms with Gasteiger partial charge in [-0.15, -0.1) is 0 Å². The molecule has 1 aromatic heterocycles. The molecule has 0 aliphatic carbocycles. The number of alkyl halides is 3. The lowest BCUT2D eigenvalue weighted by Crippen LogP contribution is -2.25. The number of pyridine rings is 1. The normalized spacial score (nSPS) is 19.1. The molecule has 2 heterocycles. The van der Waals surface area contributed by atoms with Crippen molar-refractivity contribution in [1.82, 2.24) is 9.29 Å². The molecule has 5 nitrogen and oxygen atoms in total. The van der Waals surface area contributed by atoms with E-state index < -0.39 is 27.5 Å². The van der Waals surface area contributed by atoms with Gasteiger partial charge in [-0.2, -0.15) is 17.5 Å². The van der Waals surface area contributed by atoms with Crippen molar-refractivity contribution in [3.8, 4) is 0 Å². The van der Waals surface area contributed by atoms with Gasteiger partial charge in [0.1, 0.15) is 5.69 Å². The molecule has 0 radical (unpaired) electrons. The van der Waals surface area contributed by atoms with Crippen LogP contribution < -0.4 is 0 Å². The molecule has 0 spiro atoms. The molecule has 9 heteroatoms. The van der Waals surface area contributed by atoms with Gasteiger partial charge in [0.15, 0.2) is 6.29 Å². The van der Waals surface area contributed by atoms with Crippen LogP contribution in [0.1, 0.15) is 28.0 Å². The van der Waals surface area contributed by atoms with E-state index in [9.17, 15) is 26.4 Å². The number of sulfonamides is 1. The molecule has 0 aromatic carbocycles. The lowest BCUT2D eigenvalue weighted by Gasteiger charge is -2.16. The minimum atomic E-state index is -4.71. The summed E-state index contributed by atoms with van der Waals surface area (Å²) in [6, 6.07) is 0.768. The van der Waals surface area contributed by atoms with E-state index in [1.54, 1.807) is 0 Å². The summed E-state index contributed by atoms with van der Waals surface area (Å²) in [7, 11) is -3.39. The second-order valence-corrected chi connectivity index (χ2v) is 6.48. The van der Waals surface area contributed by atoms with Gasteiger partial charge in [0.05, 0.1) is 11.3 Å². The van der Waals surface area contributed by atoms with Crippen LogP contribution in [-0.2, 0) is 22.7 Å². The fourth-order valence-electron chi connectivity index (χ4n) is 2.00. The number of halogens is 3. The molecule has 20 heavy (non-hydrogen) atoms. The molecule has 110 valence electrons. The van der Waals surface area contributed by atoms with Gasteiger partial charge in [0.2, 0.25) is 10.0 Å². The minimum absolute atomic E-state index is 0.00101. The van der Waals surface area contributed by atoms with E-state index in [1.807, 2.05) is 0 Å². The van der Waals surface area contributed by atoms with Gasteiger partial charge < -0.3 is 0 Å². The molecule has 1 aliphatic heterocycles. The Bertz CT molecular complexity index is 628. The number of carbonyl (C=O) groups excluding carboxylic acids is 1. The summed E-state index contributed by atoms with van der Waals surface area (Å²) in [4.78, 5) is 14.0. The summed E-state index contributed by atoms with van der Waals surface area (Å²) in [6.45, 7) is 0.108. The van der Waals surface area contributed by atoms with Crippen LogP contribution in [-0.4, -0.2) is 36.3 Å². The number of rotatable bonds is 3. The van der Waals surface area contributed by atoms with Crippen LogP contribution in [0, 0.1) is 0 Å². The van der Waals surface area contributed by atoms with Gasteiger partial charge in [-0.1, -0.05) is 0 Å². The average molecular weight is 308 g/mol. The zero-order valence-electron chi connectivity index (χ0n) is 10.2. The van der Waals surface area contributed by atoms with Gasteiger partial charge in [-0.3, -0.25) is 9.78 Å². The first-order valence-electron chi connectivity index (χ1n) is 5.73. The Labute approximate surface area is 113 Å². The van der Waals surface area contributed by atoms with E-state index in [1.165, 1.54) is 0 Å². The van der Waals surface area contributed by atoms with Crippen molar-refractivity contribution < 1.29 is 26.4 Å². The van der Waals surface area contributed by atoms with E-state index in [4.69, 9.17) is 0 Å². The van der Waals surface area contributed by atoms with Crippen molar-refractivity contribution in [1.29, 1.82) is 0 Å². The second kappa shape index (κ2) is 5.13. The molecule has 0 saturated carbocycles. The summed E-state index contributed by atoms with van der Waals surface area (Å²) < 4.78 is 62.6. The average Bonchev–Trinajstić information content (AvgIpc) is 2.67. The van der Waals surface area contributed by atoms with Gasteiger partial charge in [0, 0.05) is 19.3 Å². The van der Waals surface area contributed by atoms with Gasteiger partial charge >= 0.3 is 6.18 Å². The Morgan fingerprint density at radius 1 is 1.40 bits per heavy atom. The third-order valence-corrected chi connectivity index (χ3v) is 4.86. The highest BCUT2D eigenvalue weighted by Gasteiger charge is 2.35. The first-order valence-corrected chi connectivity index (χ1v) is 7.34. The van der Waals surface area contributed by atoms with Crippen LogP contribution >= 0.6 is 0 Å². The van der Waals surface area contributed by atoms with E-state index in [0.29, 0.717) is 6.42 Å². The molecule has 1 fully saturated rings. The first-order chi connectivity index (χ1) is 9.24. The van der Waals surface area contributed by atoms with Gasteiger partial charge in [-0.25, -0.2) is 8.42 Å². The van der Waals surface area contributed by atoms with Gasteiger partial charge in [-0.05, 0) is 18.1 Å². The Morgan fingerprint density at radius 2 is 2.10 bits per heavy atom. The quantitative estimate of drug-likeness (QED) is 0.793. The van der Waals surface area contributed by atoms with E-state index in [-0.39, 0.29) is 30.7 Å². The predicted molar refractivity (Wildman–Crippen MR) is 63.4 cm³/mol. The monoisotopic (exact) mass is 308 g/mol. The molecule has 0 bridgehead atoms. The molecule has 0 N–H and O–H groups in total. The fraction of sp³-hybridized carbons (Fsp3) is 0.455. The Hall–Kier alpha value is -1.48. The number of hydrogen-bond acceptors (Lipinski definition) is 4. The Kier molecular flexibility index (Phi) is 3.83. The largest absolute Gasteiger partial charge is 0.418 e. The summed E-state index contributed by atoms with van der Waals surface area (Å²) in [6.07, 6.45) is -3.14. The standard InChI is InChI=1S/C11H11F3N2O3S/c12-11(13,14)9-4-8(5-15-10(9)7-17)6-16-2-1-3-20(16,18)19/h4-5,7H,1-3,6H2. The zero-order chi connectivity index (χ0) is 15.0. The highest BCUT2D eigenvalue weighted by Crippen LogP contribution is 2.31. The van der Waals surface area contributed by atoms with Crippen molar-refractivity contribution in [2.45, 2.75) is 19.1 Å². The molecule has 1 aromatic rings. The van der Waals surface area contributed by atoms with Crippen LogP contribution in [0.15, 0.2) is 12.3 Å². The lowest BCUT2D eigenvalue weighted by molar-refractivity contribution is -0.138. The lowest BCUT2D eigenvalue weighted by atomic mass is 10.1. The van der Waals surface area contributed by atoms with Crippen molar-refractivity contribution in [2.24, 2.45) is 0 Å². The summed E-state index contributed by atoms with van der Waals surface area (Å²) in [5.41, 5.74) is -1.75. The third kappa shape index (κ3) is 2.98. The fourth-order valence-corrected chi connectivity index (χ4v) is 3.50. The maximum Gasteiger partial charge on any atom is 0.418 e. The van der Waals surface area contributed by atoms with Crippen LogP contribution in [0.25, 0.3) is 0 Å². The zero-order valence-corrected chi connectivity index (χ0v) is 11.0. The number of aldehydes is 1. The highest BCUT2D eigenvalue weighted by molar-refractivity contribution is 7.89. The molecule has 1 saturated heterocycles. The summed E-state index contributed by atoms with van der Waals surface area (Å²) in [5.74, 6) is -0.00101. The van der Waals surface area contributed by atoms with Crippen LogP contribution in [0.2, 0.25) is 0 Å². The maximum absolute atomic E-state index is 12.8. The van der Waals surface area contributed by atoms with Crippen molar-refractivity contribution >= 4 is 16.3 Å². The number of hydrogen-bond donors (Lipinski definition) is 0. The second-order valence-electron chi connectivity index (χ2n) is 4.40. The number of carbonyl (C=O) groups is 1. The molecular weight excluding hydrogens is 297 g/mol. The predicted octanol–water partition coefficient (Wildman–Crippen LogP) is 1.45. The summed E-state index contributed by atoms with van der Waals surface area (Å²) >= 11 is 0. The smallest absolute Gasteiger partial charge is 0.296 e. The Balaban J connectivity index is 2.33. The van der Waals surface area contributed by atoms with Crippen molar-refractivity contribution in [3.63, 3.8) is 0 Å². The molecule has 0 unspecified atom stereocenters. The molecular formula is C11H11F3N2O3S. The van der Waals surface area contributed by atoms with Gasteiger partial charge in [0.25, 0.3) is 0 Å². The molecule has 2 rings (SSSR count). The molecule has 0 atom stereocenters. The van der Waals surface area contributed by atoms with E-state index in [0.717, 1.165) is 16.6 Å². The topological polar surface area (TPSA) is 67.3 Å². The van der Waals surface area contributed by atoms with Crippen molar-refractivity contribution in [2.75, 3.05) is 12.3 Å². The Morgan fingerprint density at radius 3 is 2.60 bits per heavy atom. The minimum Gasteiger partial charge on any atom is -0.296 e. The van der Waals surface area contributed by atoms with Crippen LogP contribution in [0.4, 0.5) is 13.2 Å². The van der Waals surface area contributed by atoms with Crippen molar-refractivity contribution in [3.05, 3.63) is 29.1 Å². The third-order valence-electron chi connectivity index (χ3n) is 2.95. The molecule has 1 aliphatic rings. The van der Waals surface area contributed by atoms with E-state index >= 15 is 0 Å². The highest BCUT2D eigenvalue weighted by atomic mass is 32.2. The molecule has 0 amide bonds. The number of nitrogens with zero attached hydrogens (tertiary/aromatic N) is 2. The first kappa shape index (κ1) is 14.9. The summed E-state index contributed by atoms with van der Waals surface area (Å²) in [5, 5.41) is 0. The van der Waals surface area contributed by atoms with E-state index in [2.05, 4.69) is 4.98 Å². The van der Waals surface area contributed by atoms with Crippen LogP contribution in [0.5, 0.6) is 0 Å².